The number of rotatable bonds is 3. The zero-order valence-corrected chi connectivity index (χ0v) is 12.8. The van der Waals surface area contributed by atoms with E-state index in [0.29, 0.717) is 0 Å². The van der Waals surface area contributed by atoms with Gasteiger partial charge >= 0.3 is 0 Å². The average molecular weight is 333 g/mol. The first-order valence-electron chi connectivity index (χ1n) is 6.91. The fourth-order valence-electron chi connectivity index (χ4n) is 2.43. The van der Waals surface area contributed by atoms with Crippen LogP contribution in [0.3, 0.4) is 0 Å². The molecular weight excluding hydrogens is 316 g/mol. The summed E-state index contributed by atoms with van der Waals surface area (Å²) >= 11 is 3.47. The van der Waals surface area contributed by atoms with Crippen LogP contribution in [0.2, 0.25) is 0 Å². The second kappa shape index (κ2) is 6.22. The second-order valence-corrected chi connectivity index (χ2v) is 5.86. The minimum atomic E-state index is 0.832. The first kappa shape index (κ1) is 13.4. The molecule has 5 heteroatoms. The molecule has 4 nitrogen and oxygen atoms in total. The van der Waals surface area contributed by atoms with Gasteiger partial charge in [-0.05, 0) is 37.5 Å². The van der Waals surface area contributed by atoms with E-state index in [4.69, 9.17) is 0 Å². The molecule has 2 heterocycles. The standard InChI is InChI=1S/C15H17BrN4/c16-12-5-4-6-13(9-12)19-14-10-15(18-11-17-14)20-7-2-1-3-8-20/h4-6,9-11H,1-3,7-8H2,(H,17,18,19). The van der Waals surface area contributed by atoms with Gasteiger partial charge in [0.05, 0.1) is 0 Å². The summed E-state index contributed by atoms with van der Waals surface area (Å²) in [6.07, 6.45) is 5.45. The molecule has 0 unspecified atom stereocenters. The highest BCUT2D eigenvalue weighted by molar-refractivity contribution is 9.10. The van der Waals surface area contributed by atoms with E-state index in [9.17, 15) is 0 Å². The van der Waals surface area contributed by atoms with Crippen molar-refractivity contribution in [2.45, 2.75) is 19.3 Å². The topological polar surface area (TPSA) is 41.0 Å². The molecule has 104 valence electrons. The third-order valence-electron chi connectivity index (χ3n) is 3.43. The Morgan fingerprint density at radius 2 is 1.90 bits per heavy atom. The second-order valence-electron chi connectivity index (χ2n) is 4.94. The highest BCUT2D eigenvalue weighted by atomic mass is 79.9. The van der Waals surface area contributed by atoms with Gasteiger partial charge in [0.25, 0.3) is 0 Å². The van der Waals surface area contributed by atoms with Crippen molar-refractivity contribution in [3.05, 3.63) is 41.1 Å². The van der Waals surface area contributed by atoms with Crippen LogP contribution in [0, 0.1) is 0 Å². The Bertz CT molecular complexity index is 582. The Kier molecular flexibility index (Phi) is 4.16. The van der Waals surface area contributed by atoms with Crippen LogP contribution in [-0.2, 0) is 0 Å². The number of nitrogens with one attached hydrogen (secondary N) is 1. The van der Waals surface area contributed by atoms with E-state index in [1.54, 1.807) is 6.33 Å². The molecule has 1 N–H and O–H groups in total. The molecule has 0 amide bonds. The quantitative estimate of drug-likeness (QED) is 0.923. The zero-order chi connectivity index (χ0) is 13.8. The van der Waals surface area contributed by atoms with Crippen molar-refractivity contribution in [3.63, 3.8) is 0 Å². The maximum Gasteiger partial charge on any atom is 0.135 e. The van der Waals surface area contributed by atoms with Gasteiger partial charge in [0.2, 0.25) is 0 Å². The summed E-state index contributed by atoms with van der Waals surface area (Å²) in [6.45, 7) is 2.18. The summed E-state index contributed by atoms with van der Waals surface area (Å²) < 4.78 is 1.05. The molecule has 0 radical (unpaired) electrons. The number of hydrogen-bond donors (Lipinski definition) is 1. The molecule has 0 saturated carbocycles. The Morgan fingerprint density at radius 3 is 2.70 bits per heavy atom. The molecule has 0 spiro atoms. The van der Waals surface area contributed by atoms with E-state index in [0.717, 1.165) is 34.9 Å². The molecule has 0 bridgehead atoms. The van der Waals surface area contributed by atoms with Crippen molar-refractivity contribution in [2.24, 2.45) is 0 Å². The number of anilines is 3. The van der Waals surface area contributed by atoms with Crippen molar-refractivity contribution in [2.75, 3.05) is 23.3 Å². The molecule has 20 heavy (non-hydrogen) atoms. The number of benzene rings is 1. The SMILES string of the molecule is Brc1cccc(Nc2cc(N3CCCCC3)ncn2)c1. The van der Waals surface area contributed by atoms with Gasteiger partial charge in [-0.3, -0.25) is 0 Å². The monoisotopic (exact) mass is 332 g/mol. The summed E-state index contributed by atoms with van der Waals surface area (Å²) in [5.41, 5.74) is 1.02. The van der Waals surface area contributed by atoms with Crippen molar-refractivity contribution < 1.29 is 0 Å². The Balaban J connectivity index is 1.77. The lowest BCUT2D eigenvalue weighted by molar-refractivity contribution is 0.573. The molecule has 2 aromatic rings. The fourth-order valence-corrected chi connectivity index (χ4v) is 2.82. The van der Waals surface area contributed by atoms with E-state index in [1.165, 1.54) is 19.3 Å². The number of nitrogens with zero attached hydrogens (tertiary/aromatic N) is 3. The molecule has 1 fully saturated rings. The van der Waals surface area contributed by atoms with Crippen molar-refractivity contribution >= 4 is 33.3 Å². The maximum atomic E-state index is 4.39. The number of piperidine rings is 1. The molecular formula is C15H17BrN4. The van der Waals surface area contributed by atoms with Gasteiger partial charge in [0.1, 0.15) is 18.0 Å². The van der Waals surface area contributed by atoms with Crippen LogP contribution in [0.25, 0.3) is 0 Å². The molecule has 3 rings (SSSR count). The third-order valence-corrected chi connectivity index (χ3v) is 3.92. The van der Waals surface area contributed by atoms with Crippen LogP contribution in [0.1, 0.15) is 19.3 Å². The normalized spacial score (nSPS) is 15.2. The van der Waals surface area contributed by atoms with Gasteiger partial charge in [-0.2, -0.15) is 0 Å². The number of aromatic nitrogens is 2. The van der Waals surface area contributed by atoms with Gasteiger partial charge in [-0.15, -0.1) is 0 Å². The van der Waals surface area contributed by atoms with Gasteiger partial charge in [-0.1, -0.05) is 22.0 Å². The van der Waals surface area contributed by atoms with Crippen molar-refractivity contribution in [3.8, 4) is 0 Å². The molecule has 1 saturated heterocycles. The number of hydrogen-bond acceptors (Lipinski definition) is 4. The van der Waals surface area contributed by atoms with E-state index >= 15 is 0 Å². The van der Waals surface area contributed by atoms with Crippen LogP contribution in [0.15, 0.2) is 41.1 Å². The maximum absolute atomic E-state index is 4.39. The van der Waals surface area contributed by atoms with Gasteiger partial charge < -0.3 is 10.2 Å². The molecule has 1 aromatic carbocycles. The minimum absolute atomic E-state index is 0.832. The summed E-state index contributed by atoms with van der Waals surface area (Å²) in [5, 5.41) is 3.32. The average Bonchev–Trinajstić information content (AvgIpc) is 2.48. The molecule has 1 aliphatic rings. The van der Waals surface area contributed by atoms with Crippen LogP contribution < -0.4 is 10.2 Å². The minimum Gasteiger partial charge on any atom is -0.356 e. The van der Waals surface area contributed by atoms with Crippen LogP contribution in [0.5, 0.6) is 0 Å². The van der Waals surface area contributed by atoms with Crippen LogP contribution in [-0.4, -0.2) is 23.1 Å². The lowest BCUT2D eigenvalue weighted by atomic mass is 10.1. The van der Waals surface area contributed by atoms with Gasteiger partial charge in [0, 0.05) is 29.3 Å². The van der Waals surface area contributed by atoms with Crippen LogP contribution in [0.4, 0.5) is 17.3 Å². The smallest absolute Gasteiger partial charge is 0.135 e. The summed E-state index contributed by atoms with van der Waals surface area (Å²) in [6, 6.07) is 10.1. The first-order valence-corrected chi connectivity index (χ1v) is 7.70. The summed E-state index contributed by atoms with van der Waals surface area (Å²) in [5.74, 6) is 1.84. The molecule has 1 aliphatic heterocycles. The number of halogens is 1. The van der Waals surface area contributed by atoms with Crippen molar-refractivity contribution in [1.29, 1.82) is 0 Å². The van der Waals surface area contributed by atoms with Crippen molar-refractivity contribution in [1.82, 2.24) is 9.97 Å². The van der Waals surface area contributed by atoms with E-state index in [-0.39, 0.29) is 0 Å². The molecule has 0 aliphatic carbocycles. The predicted molar refractivity (Wildman–Crippen MR) is 85.5 cm³/mol. The predicted octanol–water partition coefficient (Wildman–Crippen LogP) is 3.97. The van der Waals surface area contributed by atoms with E-state index in [2.05, 4.69) is 36.1 Å². The summed E-state index contributed by atoms with van der Waals surface area (Å²) in [7, 11) is 0. The van der Waals surface area contributed by atoms with E-state index in [1.807, 2.05) is 30.3 Å². The Morgan fingerprint density at radius 1 is 1.05 bits per heavy atom. The Labute approximate surface area is 127 Å². The highest BCUT2D eigenvalue weighted by Gasteiger charge is 2.12. The lowest BCUT2D eigenvalue weighted by Gasteiger charge is -2.27. The van der Waals surface area contributed by atoms with Crippen LogP contribution >= 0.6 is 15.9 Å². The largest absolute Gasteiger partial charge is 0.356 e. The lowest BCUT2D eigenvalue weighted by Crippen LogP contribution is -2.30. The zero-order valence-electron chi connectivity index (χ0n) is 11.2. The first-order chi connectivity index (χ1) is 9.81. The molecule has 0 atom stereocenters. The summed E-state index contributed by atoms with van der Waals surface area (Å²) in [4.78, 5) is 11.0. The Hall–Kier alpha value is -1.62. The highest BCUT2D eigenvalue weighted by Crippen LogP contribution is 2.22. The van der Waals surface area contributed by atoms with Gasteiger partial charge in [-0.25, -0.2) is 9.97 Å². The fraction of sp³-hybridized carbons (Fsp3) is 0.333. The molecule has 1 aromatic heterocycles. The third kappa shape index (κ3) is 3.28. The van der Waals surface area contributed by atoms with Gasteiger partial charge in [0.15, 0.2) is 0 Å². The van der Waals surface area contributed by atoms with E-state index < -0.39 is 0 Å².